The van der Waals surface area contributed by atoms with E-state index in [9.17, 15) is 14.0 Å². The largest absolute Gasteiger partial charge is 0.497 e. The lowest BCUT2D eigenvalue weighted by molar-refractivity contribution is -0.123. The van der Waals surface area contributed by atoms with Gasteiger partial charge in [-0.1, -0.05) is 42.0 Å². The summed E-state index contributed by atoms with van der Waals surface area (Å²) in [6.45, 7) is 3.01. The third-order valence-electron chi connectivity index (χ3n) is 6.40. The van der Waals surface area contributed by atoms with Gasteiger partial charge in [0.1, 0.15) is 11.6 Å². The molecule has 1 atom stereocenters. The van der Waals surface area contributed by atoms with Crippen LogP contribution in [0, 0.1) is 12.7 Å². The molecule has 2 heterocycles. The van der Waals surface area contributed by atoms with Crippen molar-refractivity contribution >= 4 is 29.4 Å². The maximum absolute atomic E-state index is 14.1. The average Bonchev–Trinajstić information content (AvgIpc) is 3.39. The predicted octanol–water partition coefficient (Wildman–Crippen LogP) is 4.80. The van der Waals surface area contributed by atoms with E-state index in [0.29, 0.717) is 41.4 Å². The molecule has 1 fully saturated rings. The fourth-order valence-electron chi connectivity index (χ4n) is 4.79. The van der Waals surface area contributed by atoms with Crippen molar-refractivity contribution in [1.29, 1.82) is 0 Å². The minimum absolute atomic E-state index is 0.205. The number of carbonyl (C=O) groups is 2. The molecule has 2 aliphatic rings. The molecule has 5 rings (SSSR count). The fourth-order valence-corrected chi connectivity index (χ4v) is 6.24. The van der Waals surface area contributed by atoms with Crippen LogP contribution in [0.4, 0.5) is 14.9 Å². The van der Waals surface area contributed by atoms with Crippen molar-refractivity contribution < 1.29 is 18.7 Å². The Bertz CT molecular complexity index is 1300. The number of fused-ring (bicyclic) bond motifs is 2. The summed E-state index contributed by atoms with van der Waals surface area (Å²) in [4.78, 5) is 29.6. The van der Waals surface area contributed by atoms with E-state index >= 15 is 0 Å². The highest BCUT2D eigenvalue weighted by Gasteiger charge is 2.59. The molecular weight excluding hydrogens is 465 g/mol. The Morgan fingerprint density at radius 1 is 1.11 bits per heavy atom. The van der Waals surface area contributed by atoms with Crippen molar-refractivity contribution in [2.45, 2.75) is 24.9 Å². The molecule has 2 aliphatic heterocycles. The summed E-state index contributed by atoms with van der Waals surface area (Å²) in [5.41, 5.74) is 4.20. The number of amides is 3. The van der Waals surface area contributed by atoms with Gasteiger partial charge < -0.3 is 15.0 Å². The first-order valence-electron chi connectivity index (χ1n) is 11.4. The van der Waals surface area contributed by atoms with Crippen LogP contribution in [0.15, 0.2) is 66.7 Å². The maximum atomic E-state index is 14.1. The number of hydrogen-bond donors (Lipinski definition) is 1. The summed E-state index contributed by atoms with van der Waals surface area (Å²) in [7, 11) is 1.57. The van der Waals surface area contributed by atoms with Gasteiger partial charge in [0.05, 0.1) is 19.3 Å². The number of methoxy groups -OCH3 is 1. The zero-order chi connectivity index (χ0) is 24.6. The average molecular weight is 492 g/mol. The molecule has 3 amide bonds. The SMILES string of the molecule is COc1ccc2c(c1)C1(SCCN1C(=O)NCc1cccc(C)c1)C(=O)N2Cc1cccc(F)c1. The molecule has 1 saturated heterocycles. The summed E-state index contributed by atoms with van der Waals surface area (Å²) in [5, 5.41) is 2.99. The molecule has 1 spiro atoms. The third kappa shape index (κ3) is 4.12. The van der Waals surface area contributed by atoms with Crippen molar-refractivity contribution in [3.05, 3.63) is 94.8 Å². The number of anilines is 1. The molecule has 0 bridgehead atoms. The van der Waals surface area contributed by atoms with Crippen LogP contribution < -0.4 is 15.0 Å². The molecule has 0 radical (unpaired) electrons. The van der Waals surface area contributed by atoms with Gasteiger partial charge in [0.2, 0.25) is 0 Å². The topological polar surface area (TPSA) is 61.9 Å². The second-order valence-corrected chi connectivity index (χ2v) is 9.98. The molecule has 1 unspecified atom stereocenters. The normalized spacial score (nSPS) is 18.8. The first kappa shape index (κ1) is 23.2. The van der Waals surface area contributed by atoms with Gasteiger partial charge in [-0.2, -0.15) is 0 Å². The van der Waals surface area contributed by atoms with Crippen LogP contribution >= 0.6 is 11.8 Å². The number of aryl methyl sites for hydroxylation is 1. The second-order valence-electron chi connectivity index (χ2n) is 8.70. The highest BCUT2D eigenvalue weighted by molar-refractivity contribution is 8.01. The van der Waals surface area contributed by atoms with E-state index in [2.05, 4.69) is 5.32 Å². The molecule has 35 heavy (non-hydrogen) atoms. The van der Waals surface area contributed by atoms with E-state index in [1.54, 1.807) is 35.1 Å². The molecule has 180 valence electrons. The summed E-state index contributed by atoms with van der Waals surface area (Å²) in [5.74, 6) is 0.661. The number of thioether (sulfide) groups is 1. The monoisotopic (exact) mass is 491 g/mol. The first-order chi connectivity index (χ1) is 16.9. The highest BCUT2D eigenvalue weighted by atomic mass is 32.2. The van der Waals surface area contributed by atoms with Gasteiger partial charge in [-0.15, -0.1) is 11.8 Å². The van der Waals surface area contributed by atoms with Crippen LogP contribution in [0.3, 0.4) is 0 Å². The summed E-state index contributed by atoms with van der Waals surface area (Å²) < 4.78 is 19.3. The van der Waals surface area contributed by atoms with Crippen molar-refractivity contribution in [2.75, 3.05) is 24.3 Å². The number of nitrogens with zero attached hydrogens (tertiary/aromatic N) is 2. The number of urea groups is 1. The zero-order valence-electron chi connectivity index (χ0n) is 19.6. The molecule has 0 saturated carbocycles. The highest BCUT2D eigenvalue weighted by Crippen LogP contribution is 2.55. The fraction of sp³-hybridized carbons (Fsp3) is 0.259. The molecule has 0 aliphatic carbocycles. The number of carbonyl (C=O) groups excluding carboxylic acids is 2. The number of ether oxygens (including phenoxy) is 1. The van der Waals surface area contributed by atoms with Crippen molar-refractivity contribution in [3.63, 3.8) is 0 Å². The Morgan fingerprint density at radius 3 is 2.69 bits per heavy atom. The van der Waals surface area contributed by atoms with E-state index in [1.165, 1.54) is 23.9 Å². The number of rotatable bonds is 5. The second kappa shape index (κ2) is 9.26. The Kier molecular flexibility index (Phi) is 6.15. The van der Waals surface area contributed by atoms with Crippen LogP contribution in [0.2, 0.25) is 0 Å². The zero-order valence-corrected chi connectivity index (χ0v) is 20.4. The van der Waals surface area contributed by atoms with E-state index in [-0.39, 0.29) is 24.3 Å². The molecule has 0 aromatic heterocycles. The number of hydrogen-bond acceptors (Lipinski definition) is 4. The van der Waals surface area contributed by atoms with E-state index in [0.717, 1.165) is 11.1 Å². The number of nitrogens with one attached hydrogen (secondary N) is 1. The van der Waals surface area contributed by atoms with Crippen LogP contribution in [-0.4, -0.2) is 36.2 Å². The Labute approximate surface area is 208 Å². The van der Waals surface area contributed by atoms with Crippen molar-refractivity contribution in [3.8, 4) is 5.75 Å². The van der Waals surface area contributed by atoms with Gasteiger partial charge in [-0.05, 0) is 48.4 Å². The third-order valence-corrected chi connectivity index (χ3v) is 7.82. The lowest BCUT2D eigenvalue weighted by atomic mass is 10.1. The molecule has 6 nitrogen and oxygen atoms in total. The summed E-state index contributed by atoms with van der Waals surface area (Å²) in [6, 6.07) is 19.3. The number of halogens is 1. The van der Waals surface area contributed by atoms with Gasteiger partial charge in [0, 0.05) is 24.4 Å². The van der Waals surface area contributed by atoms with Gasteiger partial charge in [-0.3, -0.25) is 9.69 Å². The van der Waals surface area contributed by atoms with Crippen LogP contribution in [0.1, 0.15) is 22.3 Å². The van der Waals surface area contributed by atoms with Crippen LogP contribution in [-0.2, 0) is 22.8 Å². The Morgan fingerprint density at radius 2 is 1.91 bits per heavy atom. The standard InChI is InChI=1S/C27H26FN3O3S/c1-18-5-3-6-19(13-18)16-29-26(33)31-11-12-35-27(31)23-15-22(34-2)9-10-24(23)30(25(27)32)17-20-7-4-8-21(28)14-20/h3-10,13-15H,11-12,16-17H2,1-2H3,(H,29,33). The van der Waals surface area contributed by atoms with Crippen LogP contribution in [0.25, 0.3) is 0 Å². The van der Waals surface area contributed by atoms with Gasteiger partial charge in [0.15, 0.2) is 4.87 Å². The quantitative estimate of drug-likeness (QED) is 0.557. The smallest absolute Gasteiger partial charge is 0.319 e. The lowest BCUT2D eigenvalue weighted by Gasteiger charge is -2.33. The maximum Gasteiger partial charge on any atom is 0.319 e. The minimum Gasteiger partial charge on any atom is -0.497 e. The Hall–Kier alpha value is -3.52. The molecular formula is C27H26FN3O3S. The van der Waals surface area contributed by atoms with Gasteiger partial charge in [0.25, 0.3) is 5.91 Å². The molecule has 3 aromatic rings. The first-order valence-corrected chi connectivity index (χ1v) is 12.4. The van der Waals surface area contributed by atoms with Crippen molar-refractivity contribution in [2.24, 2.45) is 0 Å². The summed E-state index contributed by atoms with van der Waals surface area (Å²) >= 11 is 1.44. The van der Waals surface area contributed by atoms with E-state index < -0.39 is 4.87 Å². The molecule has 1 N–H and O–H groups in total. The van der Waals surface area contributed by atoms with Gasteiger partial charge in [-0.25, -0.2) is 9.18 Å². The summed E-state index contributed by atoms with van der Waals surface area (Å²) in [6.07, 6.45) is 0. The minimum atomic E-state index is -1.20. The number of benzene rings is 3. The molecule has 3 aromatic carbocycles. The van der Waals surface area contributed by atoms with Crippen LogP contribution in [0.5, 0.6) is 5.75 Å². The van der Waals surface area contributed by atoms with E-state index in [1.807, 2.05) is 43.3 Å². The lowest BCUT2D eigenvalue weighted by Crippen LogP contribution is -2.53. The predicted molar refractivity (Wildman–Crippen MR) is 135 cm³/mol. The van der Waals surface area contributed by atoms with Crippen molar-refractivity contribution in [1.82, 2.24) is 10.2 Å². The molecule has 8 heteroatoms. The van der Waals surface area contributed by atoms with E-state index in [4.69, 9.17) is 4.74 Å². The Balaban J connectivity index is 1.49. The van der Waals surface area contributed by atoms with Gasteiger partial charge >= 0.3 is 6.03 Å².